The van der Waals surface area contributed by atoms with Gasteiger partial charge in [-0.3, -0.25) is 10.2 Å². The number of carbonyl (C=O) groups is 1. The van der Waals surface area contributed by atoms with Gasteiger partial charge in [0.05, 0.1) is 5.71 Å². The largest absolute Gasteiger partial charge is 0.350 e. The minimum atomic E-state index is -0.278. The van der Waals surface area contributed by atoms with Crippen LogP contribution in [0.1, 0.15) is 27.7 Å². The Morgan fingerprint density at radius 1 is 1.45 bits per heavy atom. The van der Waals surface area contributed by atoms with Crippen LogP contribution in [0.25, 0.3) is 0 Å². The third kappa shape index (κ3) is 5.58. The lowest BCUT2D eigenvalue weighted by Crippen LogP contribution is -2.35. The van der Waals surface area contributed by atoms with Crippen LogP contribution in [0.4, 0.5) is 0 Å². The minimum Gasteiger partial charge on any atom is -0.350 e. The Morgan fingerprint density at radius 2 is 1.91 bits per heavy atom. The number of amides is 1. The normalized spacial score (nSPS) is 10.9. The first-order valence-electron chi connectivity index (χ1n) is 3.66. The third-order valence-electron chi connectivity index (χ3n) is 1.12. The summed E-state index contributed by atoms with van der Waals surface area (Å²) < 4.78 is 0. The topological polar surface area (TPSA) is 53.0 Å². The lowest BCUT2D eigenvalue weighted by Gasteiger charge is -2.18. The number of rotatable bonds is 2. The third-order valence-corrected chi connectivity index (χ3v) is 1.12. The Labute approximate surface area is 67.7 Å². The van der Waals surface area contributed by atoms with Crippen molar-refractivity contribution < 1.29 is 4.79 Å². The molecule has 0 saturated heterocycles. The molecule has 0 aromatic carbocycles. The van der Waals surface area contributed by atoms with E-state index in [1.54, 1.807) is 0 Å². The average molecular weight is 156 g/mol. The van der Waals surface area contributed by atoms with E-state index < -0.39 is 0 Å². The van der Waals surface area contributed by atoms with Gasteiger partial charge in [0.15, 0.2) is 0 Å². The molecule has 3 heteroatoms. The van der Waals surface area contributed by atoms with Crippen molar-refractivity contribution in [2.45, 2.75) is 27.7 Å². The molecule has 0 aliphatic carbocycles. The predicted molar refractivity (Wildman–Crippen MR) is 45.9 cm³/mol. The molecule has 0 heterocycles. The van der Waals surface area contributed by atoms with Gasteiger partial charge < -0.3 is 5.32 Å². The van der Waals surface area contributed by atoms with Gasteiger partial charge in [0.1, 0.15) is 0 Å². The first-order valence-corrected chi connectivity index (χ1v) is 3.66. The van der Waals surface area contributed by atoms with Crippen LogP contribution >= 0.6 is 0 Å². The van der Waals surface area contributed by atoms with E-state index in [0.29, 0.717) is 6.54 Å². The van der Waals surface area contributed by atoms with E-state index in [-0.39, 0.29) is 17.0 Å². The molecule has 2 N–H and O–H groups in total. The van der Waals surface area contributed by atoms with Crippen molar-refractivity contribution in [1.29, 1.82) is 5.41 Å². The minimum absolute atomic E-state index is 0.0641. The summed E-state index contributed by atoms with van der Waals surface area (Å²) in [6.45, 7) is 8.20. The van der Waals surface area contributed by atoms with Crippen LogP contribution in [0.3, 0.4) is 0 Å². The Hall–Kier alpha value is -0.860. The molecule has 64 valence electrons. The maximum atomic E-state index is 10.9. The van der Waals surface area contributed by atoms with Crippen molar-refractivity contribution >= 4 is 11.6 Å². The molecule has 0 unspecified atom stereocenters. The maximum absolute atomic E-state index is 10.9. The SMILES string of the molecule is CC(=N)C(=O)NCC(C)(C)C. The highest BCUT2D eigenvalue weighted by molar-refractivity contribution is 6.36. The van der Waals surface area contributed by atoms with E-state index in [1.807, 2.05) is 20.8 Å². The summed E-state index contributed by atoms with van der Waals surface area (Å²) >= 11 is 0. The standard InChI is InChI=1S/C8H16N2O/c1-6(9)7(11)10-5-8(2,3)4/h9H,5H2,1-4H3,(H,10,11). The molecule has 3 nitrogen and oxygen atoms in total. The molecule has 0 radical (unpaired) electrons. The fourth-order valence-electron chi connectivity index (χ4n) is 0.478. The van der Waals surface area contributed by atoms with Gasteiger partial charge in [-0.15, -0.1) is 0 Å². The predicted octanol–water partition coefficient (Wildman–Crippen LogP) is 1.19. The molecule has 0 spiro atoms. The molecular formula is C8H16N2O. The van der Waals surface area contributed by atoms with E-state index in [1.165, 1.54) is 6.92 Å². The van der Waals surface area contributed by atoms with Gasteiger partial charge in [0, 0.05) is 6.54 Å². The molecule has 0 aromatic rings. The highest BCUT2D eigenvalue weighted by Gasteiger charge is 2.12. The highest BCUT2D eigenvalue weighted by Crippen LogP contribution is 2.09. The van der Waals surface area contributed by atoms with Gasteiger partial charge in [-0.25, -0.2) is 0 Å². The molecule has 0 saturated carbocycles. The smallest absolute Gasteiger partial charge is 0.264 e. The zero-order valence-electron chi connectivity index (χ0n) is 7.62. The fraction of sp³-hybridized carbons (Fsp3) is 0.750. The molecule has 0 aliphatic heterocycles. The van der Waals surface area contributed by atoms with Gasteiger partial charge >= 0.3 is 0 Å². The van der Waals surface area contributed by atoms with Gasteiger partial charge in [-0.1, -0.05) is 20.8 Å². The average Bonchev–Trinajstić information content (AvgIpc) is 1.80. The zero-order valence-corrected chi connectivity index (χ0v) is 7.62. The van der Waals surface area contributed by atoms with Crippen LogP contribution < -0.4 is 5.32 Å². The summed E-state index contributed by atoms with van der Waals surface area (Å²) in [6.07, 6.45) is 0. The van der Waals surface area contributed by atoms with E-state index >= 15 is 0 Å². The lowest BCUT2D eigenvalue weighted by atomic mass is 9.97. The molecule has 0 aliphatic rings. The van der Waals surface area contributed by atoms with Gasteiger partial charge in [-0.05, 0) is 12.3 Å². The van der Waals surface area contributed by atoms with Crippen molar-refractivity contribution in [1.82, 2.24) is 5.32 Å². The van der Waals surface area contributed by atoms with Crippen LogP contribution in [0.15, 0.2) is 0 Å². The first-order chi connectivity index (χ1) is 4.83. The summed E-state index contributed by atoms with van der Waals surface area (Å²) in [5.74, 6) is -0.278. The van der Waals surface area contributed by atoms with Crippen LogP contribution in [-0.4, -0.2) is 18.2 Å². The molecule has 0 aromatic heterocycles. The van der Waals surface area contributed by atoms with Gasteiger partial charge in [-0.2, -0.15) is 0 Å². The van der Waals surface area contributed by atoms with Crippen LogP contribution in [0.5, 0.6) is 0 Å². The van der Waals surface area contributed by atoms with Crippen LogP contribution in [0.2, 0.25) is 0 Å². The second kappa shape index (κ2) is 3.51. The van der Waals surface area contributed by atoms with Crippen molar-refractivity contribution in [3.8, 4) is 0 Å². The lowest BCUT2D eigenvalue weighted by molar-refractivity contribution is -0.115. The molecule has 0 bridgehead atoms. The summed E-state index contributed by atoms with van der Waals surface area (Å²) in [5, 5.41) is 9.65. The number of hydrogen-bond acceptors (Lipinski definition) is 2. The van der Waals surface area contributed by atoms with E-state index in [0.717, 1.165) is 0 Å². The Kier molecular flexibility index (Phi) is 3.23. The summed E-state index contributed by atoms with van der Waals surface area (Å²) in [5.41, 5.74) is 0.153. The Morgan fingerprint density at radius 3 is 2.18 bits per heavy atom. The molecule has 0 rings (SSSR count). The Balaban J connectivity index is 3.73. The second-order valence-electron chi connectivity index (χ2n) is 3.87. The molecule has 1 amide bonds. The highest BCUT2D eigenvalue weighted by atomic mass is 16.1. The summed E-state index contributed by atoms with van der Waals surface area (Å²) in [7, 11) is 0. The molecule has 0 fully saturated rings. The van der Waals surface area contributed by atoms with Crippen molar-refractivity contribution in [3.05, 3.63) is 0 Å². The van der Waals surface area contributed by atoms with E-state index in [4.69, 9.17) is 5.41 Å². The van der Waals surface area contributed by atoms with Crippen LogP contribution in [0, 0.1) is 10.8 Å². The van der Waals surface area contributed by atoms with Gasteiger partial charge in [0.25, 0.3) is 5.91 Å². The second-order valence-corrected chi connectivity index (χ2v) is 3.87. The number of hydrogen-bond donors (Lipinski definition) is 2. The zero-order chi connectivity index (χ0) is 9.07. The van der Waals surface area contributed by atoms with E-state index in [9.17, 15) is 4.79 Å². The molecular weight excluding hydrogens is 140 g/mol. The van der Waals surface area contributed by atoms with Crippen molar-refractivity contribution in [2.24, 2.45) is 5.41 Å². The number of carbonyl (C=O) groups excluding carboxylic acids is 1. The fourth-order valence-corrected chi connectivity index (χ4v) is 0.478. The van der Waals surface area contributed by atoms with E-state index in [2.05, 4.69) is 5.32 Å². The number of nitrogens with one attached hydrogen (secondary N) is 2. The van der Waals surface area contributed by atoms with Crippen molar-refractivity contribution in [2.75, 3.05) is 6.54 Å². The quantitative estimate of drug-likeness (QED) is 0.580. The first kappa shape index (κ1) is 10.1. The van der Waals surface area contributed by atoms with Crippen molar-refractivity contribution in [3.63, 3.8) is 0 Å². The summed E-state index contributed by atoms with van der Waals surface area (Å²) in [6, 6.07) is 0. The van der Waals surface area contributed by atoms with Gasteiger partial charge in [0.2, 0.25) is 0 Å². The summed E-state index contributed by atoms with van der Waals surface area (Å²) in [4.78, 5) is 10.9. The molecule has 0 atom stereocenters. The maximum Gasteiger partial charge on any atom is 0.264 e. The van der Waals surface area contributed by atoms with Crippen LogP contribution in [-0.2, 0) is 4.79 Å². The Bertz CT molecular complexity index is 167. The monoisotopic (exact) mass is 156 g/mol. The molecule has 11 heavy (non-hydrogen) atoms.